The molecule has 1 fully saturated rings. The highest BCUT2D eigenvalue weighted by Crippen LogP contribution is 2.38. The number of halogens is 1. The third-order valence-corrected chi connectivity index (χ3v) is 6.12. The van der Waals surface area contributed by atoms with E-state index in [0.717, 1.165) is 30.6 Å². The Morgan fingerprint density at radius 2 is 1.76 bits per heavy atom. The van der Waals surface area contributed by atoms with E-state index in [1.54, 1.807) is 12.1 Å². The van der Waals surface area contributed by atoms with Gasteiger partial charge in [0.25, 0.3) is 11.8 Å². The lowest BCUT2D eigenvalue weighted by Gasteiger charge is -2.26. The normalized spacial score (nSPS) is 14.5. The molecule has 0 spiro atoms. The number of methoxy groups -OCH3 is 1. The minimum atomic E-state index is -0.888. The molecular formula is C27H29BrN2O7. The van der Waals surface area contributed by atoms with E-state index in [1.165, 1.54) is 37.5 Å². The number of urea groups is 1. The molecule has 1 N–H and O–H groups in total. The van der Waals surface area contributed by atoms with Crippen molar-refractivity contribution in [2.45, 2.75) is 39.5 Å². The van der Waals surface area contributed by atoms with Crippen molar-refractivity contribution in [3.05, 3.63) is 57.6 Å². The van der Waals surface area contributed by atoms with E-state index >= 15 is 0 Å². The Bertz CT molecular complexity index is 1210. The van der Waals surface area contributed by atoms with Crippen LogP contribution in [0.3, 0.4) is 0 Å². The highest BCUT2D eigenvalue weighted by molar-refractivity contribution is 9.10. The quantitative estimate of drug-likeness (QED) is 0.169. The predicted molar refractivity (Wildman–Crippen MR) is 142 cm³/mol. The highest BCUT2D eigenvalue weighted by Gasteiger charge is 2.37. The van der Waals surface area contributed by atoms with E-state index in [1.807, 2.05) is 6.92 Å². The summed E-state index contributed by atoms with van der Waals surface area (Å²) in [6.07, 6.45) is 5.64. The maximum Gasteiger partial charge on any atom is 0.337 e. The van der Waals surface area contributed by atoms with Crippen molar-refractivity contribution in [3.63, 3.8) is 0 Å². The van der Waals surface area contributed by atoms with Crippen LogP contribution in [0.15, 0.2) is 46.4 Å². The van der Waals surface area contributed by atoms with Crippen molar-refractivity contribution >= 4 is 51.5 Å². The zero-order valence-electron chi connectivity index (χ0n) is 21.0. The van der Waals surface area contributed by atoms with Crippen LogP contribution in [-0.4, -0.2) is 44.1 Å². The van der Waals surface area contributed by atoms with Gasteiger partial charge in [-0.3, -0.25) is 14.9 Å². The van der Waals surface area contributed by atoms with Crippen molar-refractivity contribution in [1.29, 1.82) is 0 Å². The molecule has 9 nitrogen and oxygen atoms in total. The SMILES string of the molecule is CCCCCCOc1c(Br)cc(/C=C2/C(=O)NC(=O)N(c3ccc(C(=O)OC)cc3)C2=O)cc1OCC. The van der Waals surface area contributed by atoms with Gasteiger partial charge in [0, 0.05) is 0 Å². The lowest BCUT2D eigenvalue weighted by atomic mass is 10.1. The second-order valence-corrected chi connectivity index (χ2v) is 9.02. The standard InChI is InChI=1S/C27H29BrN2O7/c1-4-6-7-8-13-37-23-21(28)15-17(16-22(23)36-5-2)14-20-24(31)29-27(34)30(25(20)32)19-11-9-18(10-12-19)26(33)35-3/h9-12,14-16H,4-8,13H2,1-3H3,(H,29,31,34)/b20-14-. The van der Waals surface area contributed by atoms with E-state index in [2.05, 4.69) is 32.9 Å². The van der Waals surface area contributed by atoms with Crippen LogP contribution >= 0.6 is 15.9 Å². The third kappa shape index (κ3) is 6.76. The molecule has 0 bridgehead atoms. The molecule has 4 amide bonds. The summed E-state index contributed by atoms with van der Waals surface area (Å²) >= 11 is 3.51. The van der Waals surface area contributed by atoms with Crippen LogP contribution in [-0.2, 0) is 14.3 Å². The van der Waals surface area contributed by atoms with E-state index in [9.17, 15) is 19.2 Å². The van der Waals surface area contributed by atoms with Crippen molar-refractivity contribution in [1.82, 2.24) is 5.32 Å². The van der Waals surface area contributed by atoms with Crippen LogP contribution in [0, 0.1) is 0 Å². The first-order chi connectivity index (χ1) is 17.8. The molecule has 1 heterocycles. The number of nitrogens with zero attached hydrogens (tertiary/aromatic N) is 1. The number of anilines is 1. The van der Waals surface area contributed by atoms with Crippen LogP contribution in [0.2, 0.25) is 0 Å². The Morgan fingerprint density at radius 1 is 1.03 bits per heavy atom. The molecule has 37 heavy (non-hydrogen) atoms. The number of barbiturate groups is 1. The number of hydrogen-bond acceptors (Lipinski definition) is 7. The molecule has 0 radical (unpaired) electrons. The Labute approximate surface area is 223 Å². The maximum absolute atomic E-state index is 13.2. The van der Waals surface area contributed by atoms with Crippen LogP contribution in [0.25, 0.3) is 6.08 Å². The van der Waals surface area contributed by atoms with Gasteiger partial charge in [0.1, 0.15) is 5.57 Å². The maximum atomic E-state index is 13.2. The second-order valence-electron chi connectivity index (χ2n) is 8.17. The lowest BCUT2D eigenvalue weighted by Crippen LogP contribution is -2.54. The molecule has 0 aromatic heterocycles. The van der Waals surface area contributed by atoms with Gasteiger partial charge in [0.05, 0.1) is 36.0 Å². The average Bonchev–Trinajstić information content (AvgIpc) is 2.87. The van der Waals surface area contributed by atoms with Crippen molar-refractivity contribution in [2.75, 3.05) is 25.2 Å². The Hall–Kier alpha value is -3.66. The number of nitrogens with one attached hydrogen (secondary N) is 1. The van der Waals surface area contributed by atoms with Gasteiger partial charge in [-0.2, -0.15) is 0 Å². The molecule has 0 aliphatic carbocycles. The fourth-order valence-corrected chi connectivity index (χ4v) is 4.27. The molecule has 10 heteroatoms. The number of esters is 1. The summed E-state index contributed by atoms with van der Waals surface area (Å²) in [6, 6.07) is 8.20. The van der Waals surface area contributed by atoms with Gasteiger partial charge in [-0.05, 0) is 77.3 Å². The molecule has 1 aliphatic rings. The molecule has 1 aliphatic heterocycles. The summed E-state index contributed by atoms with van der Waals surface area (Å²) in [4.78, 5) is 50.9. The Balaban J connectivity index is 1.89. The van der Waals surface area contributed by atoms with E-state index in [0.29, 0.717) is 34.7 Å². The fraction of sp³-hybridized carbons (Fsp3) is 0.333. The van der Waals surface area contributed by atoms with Gasteiger partial charge in [0.15, 0.2) is 11.5 Å². The summed E-state index contributed by atoms with van der Waals surface area (Å²) in [6.45, 7) is 4.91. The first-order valence-electron chi connectivity index (χ1n) is 12.0. The van der Waals surface area contributed by atoms with Gasteiger partial charge in [0.2, 0.25) is 0 Å². The van der Waals surface area contributed by atoms with Gasteiger partial charge in [-0.1, -0.05) is 26.2 Å². The predicted octanol–water partition coefficient (Wildman–Crippen LogP) is 5.26. The van der Waals surface area contributed by atoms with Gasteiger partial charge in [-0.25, -0.2) is 14.5 Å². The molecule has 196 valence electrons. The summed E-state index contributed by atoms with van der Waals surface area (Å²) in [5.41, 5.74) is 0.710. The smallest absolute Gasteiger partial charge is 0.337 e. The van der Waals surface area contributed by atoms with Gasteiger partial charge < -0.3 is 14.2 Å². The number of amides is 4. The molecule has 3 rings (SSSR count). The van der Waals surface area contributed by atoms with Crippen LogP contribution < -0.4 is 19.7 Å². The molecular weight excluding hydrogens is 544 g/mol. The Kier molecular flexibility index (Phi) is 9.85. The number of carbonyl (C=O) groups is 4. The molecule has 0 saturated carbocycles. The first-order valence-corrected chi connectivity index (χ1v) is 12.8. The van der Waals surface area contributed by atoms with Crippen LogP contribution in [0.1, 0.15) is 55.5 Å². The summed E-state index contributed by atoms with van der Waals surface area (Å²) in [5.74, 6) is -1.16. The monoisotopic (exact) mass is 572 g/mol. The number of rotatable bonds is 11. The zero-order valence-corrected chi connectivity index (χ0v) is 22.6. The second kappa shape index (κ2) is 13.0. The number of unbranched alkanes of at least 4 members (excludes halogenated alkanes) is 3. The molecule has 0 unspecified atom stereocenters. The molecule has 2 aromatic carbocycles. The zero-order chi connectivity index (χ0) is 26.9. The van der Waals surface area contributed by atoms with Crippen LogP contribution in [0.5, 0.6) is 11.5 Å². The fourth-order valence-electron chi connectivity index (χ4n) is 3.70. The number of carbonyl (C=O) groups excluding carboxylic acids is 4. The largest absolute Gasteiger partial charge is 0.490 e. The highest BCUT2D eigenvalue weighted by atomic mass is 79.9. The van der Waals surface area contributed by atoms with E-state index in [-0.39, 0.29) is 16.8 Å². The molecule has 2 aromatic rings. The van der Waals surface area contributed by atoms with Crippen molar-refractivity contribution < 1.29 is 33.4 Å². The number of imide groups is 2. The Morgan fingerprint density at radius 3 is 2.41 bits per heavy atom. The van der Waals surface area contributed by atoms with Crippen molar-refractivity contribution in [2.24, 2.45) is 0 Å². The number of benzene rings is 2. The molecule has 1 saturated heterocycles. The molecule has 0 atom stereocenters. The van der Waals surface area contributed by atoms with Gasteiger partial charge in [-0.15, -0.1) is 0 Å². The van der Waals surface area contributed by atoms with Crippen LogP contribution in [0.4, 0.5) is 10.5 Å². The minimum Gasteiger partial charge on any atom is -0.490 e. The topological polar surface area (TPSA) is 111 Å². The van der Waals surface area contributed by atoms with E-state index < -0.39 is 23.8 Å². The minimum absolute atomic E-state index is 0.191. The summed E-state index contributed by atoms with van der Waals surface area (Å²) in [5, 5.41) is 2.19. The van der Waals surface area contributed by atoms with E-state index in [4.69, 9.17) is 9.47 Å². The lowest BCUT2D eigenvalue weighted by molar-refractivity contribution is -0.122. The number of hydrogen-bond donors (Lipinski definition) is 1. The van der Waals surface area contributed by atoms with Gasteiger partial charge >= 0.3 is 12.0 Å². The van der Waals surface area contributed by atoms with Crippen molar-refractivity contribution in [3.8, 4) is 11.5 Å². The number of ether oxygens (including phenoxy) is 3. The average molecular weight is 573 g/mol. The first kappa shape index (κ1) is 27.9. The summed E-state index contributed by atoms with van der Waals surface area (Å²) in [7, 11) is 1.25. The summed E-state index contributed by atoms with van der Waals surface area (Å²) < 4.78 is 17.0. The third-order valence-electron chi connectivity index (χ3n) is 5.54.